The van der Waals surface area contributed by atoms with Gasteiger partial charge < -0.3 is 19.0 Å². The van der Waals surface area contributed by atoms with Crippen LogP contribution < -0.4 is 0 Å². The third-order valence-electron chi connectivity index (χ3n) is 12.0. The van der Waals surface area contributed by atoms with Crippen LogP contribution in [0.5, 0.6) is 0 Å². The van der Waals surface area contributed by atoms with Gasteiger partial charge in [-0.15, -0.1) is 35.9 Å². The van der Waals surface area contributed by atoms with Crippen molar-refractivity contribution in [2.45, 2.75) is 101 Å². The fourth-order valence-electron chi connectivity index (χ4n) is 8.86. The first-order valence-electron chi connectivity index (χ1n) is 27.3. The molecule has 6 heteroatoms. The molecule has 0 saturated heterocycles. The van der Waals surface area contributed by atoms with Gasteiger partial charge in [0.2, 0.25) is 0 Å². The Kier molecular flexibility index (Phi) is 12.1. The quantitative estimate of drug-likeness (QED) is 0.135. The number of furan rings is 1. The molecule has 10 rings (SSSR count). The molecule has 0 bridgehead atoms. The average molecular weight is 1100 g/mol. The van der Waals surface area contributed by atoms with Gasteiger partial charge >= 0.3 is 0 Å². The number of aromatic nitrogens is 4. The fraction of sp³-hybridized carbons (Fsp3) is 0.266. The van der Waals surface area contributed by atoms with Gasteiger partial charge in [0.05, 0.1) is 22.4 Å². The molecule has 1 radical (unpaired) electrons. The second-order valence-corrected chi connectivity index (χ2v) is 20.5. The second kappa shape index (κ2) is 20.5. The minimum atomic E-state index is -2.25. The van der Waals surface area contributed by atoms with Crippen LogP contribution in [0.3, 0.4) is 0 Å². The van der Waals surface area contributed by atoms with Crippen molar-refractivity contribution >= 4 is 33.0 Å². The first-order chi connectivity index (χ1) is 35.8. The average Bonchev–Trinajstić information content (AvgIpc) is 3.99. The smallest absolute Gasteiger partial charge is 0.121 e. The van der Waals surface area contributed by atoms with E-state index in [1.807, 2.05) is 71.9 Å². The molecule has 0 aliphatic carbocycles. The largest absolute Gasteiger partial charge is 0.501 e. The fourth-order valence-corrected chi connectivity index (χ4v) is 8.86. The van der Waals surface area contributed by atoms with Crippen molar-refractivity contribution < 1.29 is 34.1 Å². The topological polar surface area (TPSA) is 56.7 Å². The molecule has 4 aromatic heterocycles. The predicted molar refractivity (Wildman–Crippen MR) is 289 cm³/mol. The summed E-state index contributed by atoms with van der Waals surface area (Å²) in [4.78, 5) is 13.4. The van der Waals surface area contributed by atoms with E-state index in [9.17, 15) is 0 Å². The monoisotopic (exact) mass is 1100 g/mol. The molecule has 4 heterocycles. The van der Waals surface area contributed by atoms with Crippen LogP contribution in [0.4, 0.5) is 0 Å². The van der Waals surface area contributed by atoms with Crippen molar-refractivity contribution in [3.8, 4) is 50.6 Å². The summed E-state index contributed by atoms with van der Waals surface area (Å²) in [6, 6.07) is 51.9. The van der Waals surface area contributed by atoms with E-state index in [0.29, 0.717) is 22.4 Å². The van der Waals surface area contributed by atoms with Crippen LogP contribution in [0.25, 0.3) is 83.6 Å². The zero-order chi connectivity index (χ0) is 54.7. The molecule has 0 N–H and O–H groups in total. The Morgan fingerprint density at radius 3 is 1.93 bits per heavy atom. The summed E-state index contributed by atoms with van der Waals surface area (Å²) in [5.41, 5.74) is 13.6. The molecule has 0 amide bonds. The van der Waals surface area contributed by atoms with Gasteiger partial charge in [0.25, 0.3) is 0 Å². The van der Waals surface area contributed by atoms with Crippen LogP contribution >= 0.6 is 0 Å². The maximum atomic E-state index is 8.82. The van der Waals surface area contributed by atoms with E-state index < -0.39 is 30.4 Å². The van der Waals surface area contributed by atoms with E-state index in [-0.39, 0.29) is 37.6 Å². The maximum Gasteiger partial charge on any atom is 0.121 e. The minimum Gasteiger partial charge on any atom is -0.501 e. The maximum absolute atomic E-state index is 8.82. The molecule has 0 fully saturated rings. The predicted octanol–water partition coefficient (Wildman–Crippen LogP) is 17.4. The Morgan fingerprint density at radius 2 is 1.30 bits per heavy atom. The van der Waals surface area contributed by atoms with Crippen molar-refractivity contribution in [1.29, 1.82) is 0 Å². The summed E-state index contributed by atoms with van der Waals surface area (Å²) >= 11 is 0. The Morgan fingerprint density at radius 1 is 0.657 bits per heavy atom. The standard InChI is InChI=1S/C48H45N2O.C16H19N2.Ir/c1-30(2)40-26-36(34-22-20-32(21-23-34)29-48(5,6)7)27-41(31(3)4)45(40)50-43-19-12-11-18-42(43)49-47(50)39-17-13-16-38-37-25-24-35(28-44(37)51-46(38)39)33-14-9-8-10-15-33;1-12-5-7-14(11-17-12)15-8-6-13(10-18-15)9-16(2,3)4;/h8-16,18-28,30-31H,29H2,1-7H3;5-8,10H,9H2,1-4H3;/q2*-1;/i29D2;1D3,9D2;. The van der Waals surface area contributed by atoms with Gasteiger partial charge in [-0.2, -0.15) is 0 Å². The van der Waals surface area contributed by atoms with E-state index in [1.165, 1.54) is 23.4 Å². The number of pyridine rings is 2. The van der Waals surface area contributed by atoms with Gasteiger partial charge in [-0.1, -0.05) is 178 Å². The second-order valence-electron chi connectivity index (χ2n) is 20.5. The van der Waals surface area contributed by atoms with Gasteiger partial charge in [-0.3, -0.25) is 4.98 Å². The van der Waals surface area contributed by atoms with Crippen LogP contribution in [0, 0.1) is 29.9 Å². The van der Waals surface area contributed by atoms with Crippen LogP contribution in [-0.4, -0.2) is 19.5 Å². The molecular weight excluding hydrogens is 1030 g/mol. The first kappa shape index (κ1) is 41.3. The third-order valence-corrected chi connectivity index (χ3v) is 12.0. The Bertz CT molecular complexity index is 3670. The van der Waals surface area contributed by atoms with Crippen molar-refractivity contribution in [3.05, 3.63) is 192 Å². The first-order valence-corrected chi connectivity index (χ1v) is 23.8. The van der Waals surface area contributed by atoms with Gasteiger partial charge in [0, 0.05) is 47.0 Å². The molecule has 0 aliphatic rings. The van der Waals surface area contributed by atoms with E-state index >= 15 is 0 Å². The summed E-state index contributed by atoms with van der Waals surface area (Å²) in [6.07, 6.45) is 1.23. The summed E-state index contributed by atoms with van der Waals surface area (Å²) in [7, 11) is 0. The molecule has 0 unspecified atom stereocenters. The summed E-state index contributed by atoms with van der Waals surface area (Å²) in [5.74, 6) is 1.20. The number of aryl methyl sites for hydroxylation is 1. The van der Waals surface area contributed by atoms with Crippen molar-refractivity contribution in [2.75, 3.05) is 0 Å². The number of fused-ring (bicyclic) bond motifs is 4. The molecule has 70 heavy (non-hydrogen) atoms. The minimum absolute atomic E-state index is 0. The number of benzene rings is 6. The SMILES string of the molecule is [2H]C([2H])([2H])c1ccc(-c2ccc(C([2H])([2H])C(C)(C)C)cn2)[c-]n1.[2H]C([2H])(c1ccc(-c2cc(C(C)C)c(-n3c(-c4[c-]ccc5c4oc4cc(-c6ccccc6)ccc45)nc4ccccc43)c(C(C)C)c2)cc1)C(C)(C)C.[Ir]. The van der Waals surface area contributed by atoms with E-state index in [4.69, 9.17) is 19.0 Å². The molecule has 0 aliphatic heterocycles. The van der Waals surface area contributed by atoms with Gasteiger partial charge in [0.1, 0.15) is 5.58 Å². The number of nitrogens with zero attached hydrogens (tertiary/aromatic N) is 4. The Hall–Kier alpha value is -6.46. The number of hydrogen-bond acceptors (Lipinski definition) is 4. The third kappa shape index (κ3) is 10.9. The van der Waals surface area contributed by atoms with E-state index in [0.717, 1.165) is 72.3 Å². The van der Waals surface area contributed by atoms with Crippen LogP contribution in [0.1, 0.15) is 119 Å². The molecule has 0 atom stereocenters. The van der Waals surface area contributed by atoms with Crippen LogP contribution in [0.2, 0.25) is 0 Å². The number of para-hydroxylation sites is 2. The summed E-state index contributed by atoms with van der Waals surface area (Å²) in [6.45, 7) is 18.1. The van der Waals surface area contributed by atoms with Crippen LogP contribution in [0.15, 0.2) is 156 Å². The Balaban J connectivity index is 0.000000275. The summed E-state index contributed by atoms with van der Waals surface area (Å²) < 4.78 is 65.1. The summed E-state index contributed by atoms with van der Waals surface area (Å²) in [5, 5.41) is 2.10. The zero-order valence-corrected chi connectivity index (χ0v) is 44.0. The number of rotatable bonds is 9. The van der Waals surface area contributed by atoms with Gasteiger partial charge in [-0.25, -0.2) is 0 Å². The number of imidazole rings is 1. The normalized spacial score (nSPS) is 14.0. The molecule has 357 valence electrons. The molecular formula is C64H64IrN4O-2. The van der Waals surface area contributed by atoms with Gasteiger partial charge in [-0.05, 0) is 128 Å². The van der Waals surface area contributed by atoms with Crippen molar-refractivity contribution in [2.24, 2.45) is 10.8 Å². The molecule has 0 saturated carbocycles. The van der Waals surface area contributed by atoms with E-state index in [1.54, 1.807) is 18.2 Å². The van der Waals surface area contributed by atoms with E-state index in [2.05, 4.69) is 145 Å². The van der Waals surface area contributed by atoms with Crippen molar-refractivity contribution in [1.82, 2.24) is 19.5 Å². The van der Waals surface area contributed by atoms with Crippen molar-refractivity contribution in [3.63, 3.8) is 0 Å². The Labute approximate surface area is 438 Å². The molecule has 0 spiro atoms. The zero-order valence-electron chi connectivity index (χ0n) is 48.6. The number of hydrogen-bond donors (Lipinski definition) is 0. The van der Waals surface area contributed by atoms with Gasteiger partial charge in [0.15, 0.2) is 0 Å². The molecule has 5 nitrogen and oxygen atoms in total. The molecule has 10 aromatic rings. The van der Waals surface area contributed by atoms with Crippen LogP contribution in [-0.2, 0) is 32.9 Å². The molecule has 6 aromatic carbocycles.